The summed E-state index contributed by atoms with van der Waals surface area (Å²) in [5.74, 6) is 0.681. The lowest BCUT2D eigenvalue weighted by atomic mass is 10.4. The lowest BCUT2D eigenvalue weighted by molar-refractivity contribution is 1.02. The second-order valence-corrected chi connectivity index (χ2v) is 4.65. The Hall–Kier alpha value is -1.95. The van der Waals surface area contributed by atoms with E-state index in [1.807, 2.05) is 29.8 Å². The highest BCUT2D eigenvalue weighted by Crippen LogP contribution is 2.19. The number of aryl methyl sites for hydroxylation is 1. The van der Waals surface area contributed by atoms with Crippen molar-refractivity contribution in [3.05, 3.63) is 36.5 Å². The van der Waals surface area contributed by atoms with Gasteiger partial charge in [0.05, 0.1) is 23.1 Å². The number of rotatable bonds is 2. The Kier molecular flexibility index (Phi) is 2.71. The zero-order valence-electron chi connectivity index (χ0n) is 10.0. The van der Waals surface area contributed by atoms with Crippen molar-refractivity contribution in [1.82, 2.24) is 24.3 Å². The molecular formula is C12H11N5S. The molecule has 0 N–H and O–H groups in total. The quantitative estimate of drug-likeness (QED) is 0.520. The van der Waals surface area contributed by atoms with E-state index < -0.39 is 0 Å². The summed E-state index contributed by atoms with van der Waals surface area (Å²) in [5.41, 5.74) is 2.61. The molecule has 0 unspecified atom stereocenters. The molecule has 3 heterocycles. The Morgan fingerprint density at radius 1 is 1.17 bits per heavy atom. The smallest absolute Gasteiger partial charge is 0.179 e. The second kappa shape index (κ2) is 4.38. The average Bonchev–Trinajstić information content (AvgIpc) is 2.81. The van der Waals surface area contributed by atoms with Crippen LogP contribution in [0.4, 0.5) is 0 Å². The molecule has 3 aromatic heterocycles. The molecule has 5 nitrogen and oxygen atoms in total. The number of hydrogen-bond donors (Lipinski definition) is 0. The number of nitrogens with zero attached hydrogens (tertiary/aromatic N) is 5. The van der Waals surface area contributed by atoms with Crippen LogP contribution in [0.25, 0.3) is 17.2 Å². The maximum Gasteiger partial charge on any atom is 0.179 e. The average molecular weight is 257 g/mol. The summed E-state index contributed by atoms with van der Waals surface area (Å²) in [4.78, 5) is 17.3. The summed E-state index contributed by atoms with van der Waals surface area (Å²) in [5, 5.41) is 0.945. The molecule has 18 heavy (non-hydrogen) atoms. The molecule has 90 valence electrons. The van der Waals surface area contributed by atoms with Crippen molar-refractivity contribution in [2.75, 3.05) is 6.26 Å². The van der Waals surface area contributed by atoms with Gasteiger partial charge in [-0.05, 0) is 19.2 Å². The minimum atomic E-state index is 0.681. The van der Waals surface area contributed by atoms with Gasteiger partial charge in [0.1, 0.15) is 5.69 Å². The van der Waals surface area contributed by atoms with Gasteiger partial charge in [0.25, 0.3) is 0 Å². The van der Waals surface area contributed by atoms with E-state index in [1.165, 1.54) is 0 Å². The highest BCUT2D eigenvalue weighted by atomic mass is 32.2. The lowest BCUT2D eigenvalue weighted by Gasteiger charge is -2.02. The summed E-state index contributed by atoms with van der Waals surface area (Å²) < 4.78 is 1.96. The molecule has 0 fully saturated rings. The molecule has 0 atom stereocenters. The first-order chi connectivity index (χ1) is 8.78. The van der Waals surface area contributed by atoms with E-state index in [2.05, 4.69) is 19.9 Å². The van der Waals surface area contributed by atoms with Crippen LogP contribution in [0.3, 0.4) is 0 Å². The van der Waals surface area contributed by atoms with Crippen LogP contribution < -0.4 is 0 Å². The molecule has 0 bridgehead atoms. The third-order valence-corrected chi connectivity index (χ3v) is 3.24. The standard InChI is InChI=1S/C12H11N5S/c1-8-7-17-9(5-15-10(17)6-14-8)12-13-4-3-11(16-12)18-2/h3-7H,1-2H3. The highest BCUT2D eigenvalue weighted by Gasteiger charge is 2.09. The van der Waals surface area contributed by atoms with Crippen molar-refractivity contribution in [2.45, 2.75) is 11.9 Å². The lowest BCUT2D eigenvalue weighted by Crippen LogP contribution is -1.96. The van der Waals surface area contributed by atoms with Crippen molar-refractivity contribution in [1.29, 1.82) is 0 Å². The van der Waals surface area contributed by atoms with Crippen molar-refractivity contribution < 1.29 is 0 Å². The van der Waals surface area contributed by atoms with E-state index in [9.17, 15) is 0 Å². The van der Waals surface area contributed by atoms with Crippen LogP contribution in [0.15, 0.2) is 35.9 Å². The van der Waals surface area contributed by atoms with Crippen molar-refractivity contribution in [3.63, 3.8) is 0 Å². The van der Waals surface area contributed by atoms with Crippen LogP contribution in [0, 0.1) is 6.92 Å². The Morgan fingerprint density at radius 3 is 2.89 bits per heavy atom. The second-order valence-electron chi connectivity index (χ2n) is 3.82. The molecule has 0 radical (unpaired) electrons. The minimum absolute atomic E-state index is 0.681. The van der Waals surface area contributed by atoms with E-state index in [4.69, 9.17) is 0 Å². The topological polar surface area (TPSA) is 56.0 Å². The van der Waals surface area contributed by atoms with Crippen molar-refractivity contribution >= 4 is 17.4 Å². The molecule has 0 aliphatic rings. The predicted octanol–water partition coefficient (Wildman–Crippen LogP) is 2.22. The van der Waals surface area contributed by atoms with Crippen molar-refractivity contribution in [3.8, 4) is 11.5 Å². The van der Waals surface area contributed by atoms with Crippen LogP contribution >= 0.6 is 11.8 Å². The molecule has 0 saturated carbocycles. The number of aromatic nitrogens is 5. The monoisotopic (exact) mass is 257 g/mol. The first-order valence-corrected chi connectivity index (χ1v) is 6.67. The zero-order chi connectivity index (χ0) is 12.5. The molecule has 0 aliphatic heterocycles. The molecular weight excluding hydrogens is 246 g/mol. The summed E-state index contributed by atoms with van der Waals surface area (Å²) >= 11 is 1.60. The Balaban J connectivity index is 2.21. The molecule has 3 aromatic rings. The molecule has 0 amide bonds. The predicted molar refractivity (Wildman–Crippen MR) is 70.5 cm³/mol. The van der Waals surface area contributed by atoms with Gasteiger partial charge in [-0.25, -0.2) is 15.0 Å². The van der Waals surface area contributed by atoms with Gasteiger partial charge in [-0.2, -0.15) is 0 Å². The van der Waals surface area contributed by atoms with E-state index in [-0.39, 0.29) is 0 Å². The summed E-state index contributed by atoms with van der Waals surface area (Å²) in [6, 6.07) is 1.89. The molecule has 0 aliphatic carbocycles. The van der Waals surface area contributed by atoms with E-state index in [0.29, 0.717) is 5.82 Å². The van der Waals surface area contributed by atoms with Crippen LogP contribution in [-0.2, 0) is 0 Å². The third-order valence-electron chi connectivity index (χ3n) is 2.59. The molecule has 0 saturated heterocycles. The van der Waals surface area contributed by atoms with Gasteiger partial charge < -0.3 is 0 Å². The van der Waals surface area contributed by atoms with Gasteiger partial charge in [0.2, 0.25) is 0 Å². The Labute approximate surface area is 108 Å². The zero-order valence-corrected chi connectivity index (χ0v) is 10.8. The van der Waals surface area contributed by atoms with Crippen molar-refractivity contribution in [2.24, 2.45) is 0 Å². The number of imidazole rings is 1. The Morgan fingerprint density at radius 2 is 2.06 bits per heavy atom. The number of fused-ring (bicyclic) bond motifs is 1. The Bertz CT molecular complexity index is 707. The van der Waals surface area contributed by atoms with E-state index in [1.54, 1.807) is 30.4 Å². The van der Waals surface area contributed by atoms with Crippen LogP contribution in [0.2, 0.25) is 0 Å². The van der Waals surface area contributed by atoms with Crippen LogP contribution in [0.1, 0.15) is 5.69 Å². The molecule has 3 rings (SSSR count). The normalized spacial score (nSPS) is 11.0. The van der Waals surface area contributed by atoms with E-state index >= 15 is 0 Å². The number of thioether (sulfide) groups is 1. The van der Waals surface area contributed by atoms with Gasteiger partial charge in [-0.15, -0.1) is 11.8 Å². The van der Waals surface area contributed by atoms with Gasteiger partial charge >= 0.3 is 0 Å². The molecule has 0 aromatic carbocycles. The fraction of sp³-hybridized carbons (Fsp3) is 0.167. The first kappa shape index (κ1) is 11.2. The highest BCUT2D eigenvalue weighted by molar-refractivity contribution is 7.98. The summed E-state index contributed by atoms with van der Waals surface area (Å²) in [6.45, 7) is 1.95. The SMILES string of the molecule is CSc1ccnc(-c2cnc3cnc(C)cn23)n1. The maximum absolute atomic E-state index is 4.48. The molecule has 6 heteroatoms. The largest absolute Gasteiger partial charge is 0.294 e. The maximum atomic E-state index is 4.48. The molecule has 0 spiro atoms. The van der Waals surface area contributed by atoms with Crippen LogP contribution in [0.5, 0.6) is 0 Å². The van der Waals surface area contributed by atoms with Gasteiger partial charge in [-0.1, -0.05) is 0 Å². The van der Waals surface area contributed by atoms with Gasteiger partial charge in [-0.3, -0.25) is 9.38 Å². The van der Waals surface area contributed by atoms with E-state index in [0.717, 1.165) is 22.1 Å². The third kappa shape index (κ3) is 1.84. The fourth-order valence-corrected chi connectivity index (χ4v) is 2.11. The fourth-order valence-electron chi connectivity index (χ4n) is 1.73. The minimum Gasteiger partial charge on any atom is -0.294 e. The number of hydrogen-bond acceptors (Lipinski definition) is 5. The summed E-state index contributed by atoms with van der Waals surface area (Å²) in [6.07, 6.45) is 9.22. The first-order valence-electron chi connectivity index (χ1n) is 5.45. The summed E-state index contributed by atoms with van der Waals surface area (Å²) in [7, 11) is 0. The van der Waals surface area contributed by atoms with Gasteiger partial charge in [0.15, 0.2) is 11.5 Å². The van der Waals surface area contributed by atoms with Crippen LogP contribution in [-0.4, -0.2) is 30.6 Å². The van der Waals surface area contributed by atoms with Gasteiger partial charge in [0, 0.05) is 12.4 Å².